The first-order chi connectivity index (χ1) is 11.3. The fraction of sp³-hybridized carbons (Fsp3) is 0.176. The van der Waals surface area contributed by atoms with E-state index in [1.54, 1.807) is 36.9 Å². The molecule has 0 spiro atoms. The highest BCUT2D eigenvalue weighted by atomic mass is 32.1. The van der Waals surface area contributed by atoms with Gasteiger partial charge in [-0.25, -0.2) is 0 Å². The van der Waals surface area contributed by atoms with E-state index < -0.39 is 0 Å². The highest BCUT2D eigenvalue weighted by molar-refractivity contribution is 7.09. The van der Waals surface area contributed by atoms with E-state index >= 15 is 0 Å². The third-order valence-corrected chi connectivity index (χ3v) is 4.45. The molecular weight excluding hydrogens is 310 g/mol. The molecule has 2 heterocycles. The Hall–Kier alpha value is -2.60. The summed E-state index contributed by atoms with van der Waals surface area (Å²) in [5.74, 6) is 0.425. The third-order valence-electron chi connectivity index (χ3n) is 3.51. The van der Waals surface area contributed by atoms with Crippen LogP contribution >= 0.6 is 11.3 Å². The molecule has 3 aromatic rings. The van der Waals surface area contributed by atoms with Crippen LogP contribution in [0.1, 0.15) is 15.2 Å². The van der Waals surface area contributed by atoms with Crippen molar-refractivity contribution in [3.05, 3.63) is 58.5 Å². The van der Waals surface area contributed by atoms with Gasteiger partial charge >= 0.3 is 0 Å². The van der Waals surface area contributed by atoms with Crippen molar-refractivity contribution in [3.8, 4) is 16.9 Å². The summed E-state index contributed by atoms with van der Waals surface area (Å²) in [4.78, 5) is 13.6. The van der Waals surface area contributed by atoms with Crippen molar-refractivity contribution < 1.29 is 9.53 Å². The van der Waals surface area contributed by atoms with Gasteiger partial charge in [0.05, 0.1) is 18.9 Å². The highest BCUT2D eigenvalue weighted by Crippen LogP contribution is 2.26. The van der Waals surface area contributed by atoms with E-state index in [1.165, 1.54) is 4.88 Å². The van der Waals surface area contributed by atoms with Gasteiger partial charge in [0.1, 0.15) is 5.75 Å². The molecule has 1 aromatic carbocycles. The van der Waals surface area contributed by atoms with Gasteiger partial charge in [0.25, 0.3) is 5.91 Å². The number of methoxy groups -OCH3 is 1. The van der Waals surface area contributed by atoms with Crippen molar-refractivity contribution in [2.45, 2.75) is 6.42 Å². The Kier molecular flexibility index (Phi) is 4.73. The lowest BCUT2D eigenvalue weighted by atomic mass is 10.1. The van der Waals surface area contributed by atoms with Gasteiger partial charge in [-0.1, -0.05) is 12.1 Å². The van der Waals surface area contributed by atoms with E-state index in [-0.39, 0.29) is 5.91 Å². The number of rotatable bonds is 6. The molecule has 23 heavy (non-hydrogen) atoms. The lowest BCUT2D eigenvalue weighted by Crippen LogP contribution is -2.25. The van der Waals surface area contributed by atoms with Crippen LogP contribution in [-0.2, 0) is 6.42 Å². The predicted molar refractivity (Wildman–Crippen MR) is 90.9 cm³/mol. The number of hydrogen-bond acceptors (Lipinski definition) is 4. The zero-order valence-electron chi connectivity index (χ0n) is 12.7. The second kappa shape index (κ2) is 7.11. The molecule has 0 atom stereocenters. The Labute approximate surface area is 138 Å². The molecule has 0 unspecified atom stereocenters. The molecule has 0 saturated carbocycles. The van der Waals surface area contributed by atoms with Crippen LogP contribution in [0.15, 0.2) is 48.1 Å². The van der Waals surface area contributed by atoms with Gasteiger partial charge in [0.2, 0.25) is 0 Å². The maximum Gasteiger partial charge on any atom is 0.255 e. The van der Waals surface area contributed by atoms with Crippen molar-refractivity contribution >= 4 is 17.2 Å². The van der Waals surface area contributed by atoms with Crippen LogP contribution in [0.5, 0.6) is 5.75 Å². The minimum atomic E-state index is -0.128. The number of nitrogens with zero attached hydrogens (tertiary/aromatic N) is 1. The first kappa shape index (κ1) is 15.3. The summed E-state index contributed by atoms with van der Waals surface area (Å²) >= 11 is 1.69. The number of amides is 1. The molecule has 0 saturated heterocycles. The Morgan fingerprint density at radius 1 is 1.35 bits per heavy atom. The molecule has 5 nitrogen and oxygen atoms in total. The summed E-state index contributed by atoms with van der Waals surface area (Å²) in [6, 6.07) is 9.60. The molecule has 2 aromatic heterocycles. The minimum absolute atomic E-state index is 0.128. The molecule has 2 N–H and O–H groups in total. The first-order valence-corrected chi connectivity index (χ1v) is 8.13. The molecule has 0 fully saturated rings. The molecule has 0 radical (unpaired) electrons. The molecule has 0 bridgehead atoms. The fourth-order valence-corrected chi connectivity index (χ4v) is 3.03. The third kappa shape index (κ3) is 3.60. The summed E-state index contributed by atoms with van der Waals surface area (Å²) in [6.45, 7) is 0.603. The summed E-state index contributed by atoms with van der Waals surface area (Å²) in [5.41, 5.74) is 2.43. The smallest absolute Gasteiger partial charge is 0.255 e. The number of H-pyrrole nitrogens is 1. The SMILES string of the molecule is COc1cc(-c2cn[nH]c2)ccc1C(=O)NCCc1cccs1. The first-order valence-electron chi connectivity index (χ1n) is 7.25. The van der Waals surface area contributed by atoms with Gasteiger partial charge in [-0.3, -0.25) is 9.89 Å². The monoisotopic (exact) mass is 327 g/mol. The Morgan fingerprint density at radius 2 is 2.26 bits per heavy atom. The average molecular weight is 327 g/mol. The van der Waals surface area contributed by atoms with Crippen LogP contribution < -0.4 is 10.1 Å². The number of nitrogens with one attached hydrogen (secondary N) is 2. The molecule has 0 aliphatic carbocycles. The van der Waals surface area contributed by atoms with Crippen molar-refractivity contribution in [2.75, 3.05) is 13.7 Å². The number of carbonyl (C=O) groups excluding carboxylic acids is 1. The van der Waals surface area contributed by atoms with Crippen molar-refractivity contribution in [2.24, 2.45) is 0 Å². The van der Waals surface area contributed by atoms with Crippen LogP contribution in [0.3, 0.4) is 0 Å². The van der Waals surface area contributed by atoms with E-state index in [2.05, 4.69) is 21.6 Å². The van der Waals surface area contributed by atoms with Crippen LogP contribution in [0.2, 0.25) is 0 Å². The number of hydrogen-bond donors (Lipinski definition) is 2. The minimum Gasteiger partial charge on any atom is -0.496 e. The zero-order valence-corrected chi connectivity index (χ0v) is 13.5. The Balaban J connectivity index is 1.69. The van der Waals surface area contributed by atoms with Gasteiger partial charge in [0.15, 0.2) is 0 Å². The Bertz CT molecular complexity index is 767. The largest absolute Gasteiger partial charge is 0.496 e. The standard InChI is InChI=1S/C17H17N3O2S/c1-22-16-9-12(13-10-19-20-11-13)4-5-15(16)17(21)18-7-6-14-3-2-8-23-14/h2-5,8-11H,6-7H2,1H3,(H,18,21)(H,19,20). The average Bonchev–Trinajstić information content (AvgIpc) is 3.27. The van der Waals surface area contributed by atoms with E-state index in [0.29, 0.717) is 17.9 Å². The maximum absolute atomic E-state index is 12.3. The van der Waals surface area contributed by atoms with Crippen LogP contribution in [-0.4, -0.2) is 29.8 Å². The van der Waals surface area contributed by atoms with Gasteiger partial charge in [0, 0.05) is 23.2 Å². The van der Waals surface area contributed by atoms with Gasteiger partial charge in [-0.05, 0) is 35.6 Å². The lowest BCUT2D eigenvalue weighted by Gasteiger charge is -2.10. The maximum atomic E-state index is 12.3. The predicted octanol–water partition coefficient (Wildman–Crippen LogP) is 3.12. The molecule has 118 valence electrons. The van der Waals surface area contributed by atoms with Crippen molar-refractivity contribution in [1.29, 1.82) is 0 Å². The number of carbonyl (C=O) groups is 1. The van der Waals surface area contributed by atoms with E-state index in [9.17, 15) is 4.79 Å². The lowest BCUT2D eigenvalue weighted by molar-refractivity contribution is 0.0951. The van der Waals surface area contributed by atoms with E-state index in [0.717, 1.165) is 17.5 Å². The van der Waals surface area contributed by atoms with Gasteiger partial charge < -0.3 is 10.1 Å². The highest BCUT2D eigenvalue weighted by Gasteiger charge is 2.13. The molecule has 0 aliphatic heterocycles. The number of ether oxygens (including phenoxy) is 1. The number of benzene rings is 1. The second-order valence-corrected chi connectivity index (χ2v) is 6.02. The number of thiophene rings is 1. The van der Waals surface area contributed by atoms with Crippen molar-refractivity contribution in [1.82, 2.24) is 15.5 Å². The van der Waals surface area contributed by atoms with E-state index in [1.807, 2.05) is 23.6 Å². The zero-order chi connectivity index (χ0) is 16.1. The normalized spacial score (nSPS) is 10.5. The summed E-state index contributed by atoms with van der Waals surface area (Å²) < 4.78 is 5.37. The fourth-order valence-electron chi connectivity index (χ4n) is 2.32. The second-order valence-electron chi connectivity index (χ2n) is 4.99. The molecule has 3 rings (SSSR count). The number of aromatic nitrogens is 2. The topological polar surface area (TPSA) is 67.0 Å². The van der Waals surface area contributed by atoms with Crippen LogP contribution in [0.25, 0.3) is 11.1 Å². The molecule has 1 amide bonds. The van der Waals surface area contributed by atoms with Crippen LogP contribution in [0.4, 0.5) is 0 Å². The van der Waals surface area contributed by atoms with Crippen LogP contribution in [0, 0.1) is 0 Å². The van der Waals surface area contributed by atoms with Gasteiger partial charge in [-0.2, -0.15) is 5.10 Å². The number of aromatic amines is 1. The molecule has 0 aliphatic rings. The quantitative estimate of drug-likeness (QED) is 0.731. The Morgan fingerprint density at radius 3 is 2.96 bits per heavy atom. The van der Waals surface area contributed by atoms with Crippen molar-refractivity contribution in [3.63, 3.8) is 0 Å². The summed E-state index contributed by atoms with van der Waals surface area (Å²) in [5, 5.41) is 11.7. The summed E-state index contributed by atoms with van der Waals surface area (Å²) in [6.07, 6.45) is 4.36. The molecular formula is C17H17N3O2S. The molecule has 6 heteroatoms. The summed E-state index contributed by atoms with van der Waals surface area (Å²) in [7, 11) is 1.57. The van der Waals surface area contributed by atoms with Gasteiger partial charge in [-0.15, -0.1) is 11.3 Å². The van der Waals surface area contributed by atoms with E-state index in [4.69, 9.17) is 4.74 Å².